The zero-order valence-electron chi connectivity index (χ0n) is 6.31. The van der Waals surface area contributed by atoms with Gasteiger partial charge < -0.3 is 4.74 Å². The minimum absolute atomic E-state index is 0.102. The van der Waals surface area contributed by atoms with Crippen LogP contribution in [0.5, 0.6) is 0 Å². The van der Waals surface area contributed by atoms with Crippen molar-refractivity contribution in [3.05, 3.63) is 12.7 Å². The topological polar surface area (TPSA) is 26.3 Å². The van der Waals surface area contributed by atoms with Crippen LogP contribution >= 0.6 is 0 Å². The fraction of sp³-hybridized carbons (Fsp3) is 0.625. The summed E-state index contributed by atoms with van der Waals surface area (Å²) in [6.45, 7) is 3.46. The average Bonchev–Trinajstić information content (AvgIpc) is 1.95. The molecule has 0 bridgehead atoms. The second-order valence-corrected chi connectivity index (χ2v) is 2.71. The maximum absolute atomic E-state index is 13.1. The Balaban J connectivity index is 2.34. The van der Waals surface area contributed by atoms with E-state index in [1.54, 1.807) is 0 Å². The molecule has 0 aliphatic heterocycles. The zero-order chi connectivity index (χ0) is 8.32. The number of carbonyl (C=O) groups is 1. The monoisotopic (exact) mass is 158 g/mol. The number of esters is 1. The van der Waals surface area contributed by atoms with Crippen LogP contribution in [0.1, 0.15) is 19.3 Å². The van der Waals surface area contributed by atoms with E-state index in [0.29, 0.717) is 12.8 Å². The van der Waals surface area contributed by atoms with Gasteiger partial charge in [-0.05, 0) is 19.3 Å². The van der Waals surface area contributed by atoms with Gasteiger partial charge in [0.15, 0.2) is 0 Å². The molecule has 0 atom stereocenters. The number of ether oxygens (including phenoxy) is 1. The highest BCUT2D eigenvalue weighted by Gasteiger charge is 2.46. The van der Waals surface area contributed by atoms with E-state index in [2.05, 4.69) is 11.3 Å². The standard InChI is InChI=1S/C8H11FO2/c1-2-6-11-7(10)8(9)4-3-5-8/h2H,1,3-6H2. The van der Waals surface area contributed by atoms with Crippen LogP contribution in [0.2, 0.25) is 0 Å². The zero-order valence-corrected chi connectivity index (χ0v) is 6.31. The van der Waals surface area contributed by atoms with E-state index < -0.39 is 11.6 Å². The third-order valence-corrected chi connectivity index (χ3v) is 1.84. The quantitative estimate of drug-likeness (QED) is 0.460. The Kier molecular flexibility index (Phi) is 2.27. The van der Waals surface area contributed by atoms with Gasteiger partial charge >= 0.3 is 5.97 Å². The summed E-state index contributed by atoms with van der Waals surface area (Å²) in [7, 11) is 0. The van der Waals surface area contributed by atoms with E-state index in [-0.39, 0.29) is 6.61 Å². The lowest BCUT2D eigenvalue weighted by atomic mass is 9.82. The molecule has 0 unspecified atom stereocenters. The van der Waals surface area contributed by atoms with Crippen molar-refractivity contribution in [3.8, 4) is 0 Å². The number of hydrogen-bond donors (Lipinski definition) is 0. The van der Waals surface area contributed by atoms with Crippen LogP contribution in [-0.2, 0) is 9.53 Å². The molecule has 62 valence electrons. The van der Waals surface area contributed by atoms with E-state index in [9.17, 15) is 9.18 Å². The Hall–Kier alpha value is -0.860. The SMILES string of the molecule is C=CCOC(=O)C1(F)CCC1. The first-order valence-corrected chi connectivity index (χ1v) is 3.66. The molecule has 0 heterocycles. The summed E-state index contributed by atoms with van der Waals surface area (Å²) in [4.78, 5) is 10.9. The lowest BCUT2D eigenvalue weighted by Crippen LogP contribution is -2.42. The second-order valence-electron chi connectivity index (χ2n) is 2.71. The summed E-state index contributed by atoms with van der Waals surface area (Å²) >= 11 is 0. The maximum Gasteiger partial charge on any atom is 0.344 e. The predicted molar refractivity (Wildman–Crippen MR) is 38.8 cm³/mol. The van der Waals surface area contributed by atoms with E-state index in [1.807, 2.05) is 0 Å². The van der Waals surface area contributed by atoms with Crippen LogP contribution in [0.25, 0.3) is 0 Å². The van der Waals surface area contributed by atoms with Gasteiger partial charge in [-0.3, -0.25) is 0 Å². The molecule has 0 saturated heterocycles. The Morgan fingerprint density at radius 3 is 2.73 bits per heavy atom. The number of hydrogen-bond acceptors (Lipinski definition) is 2. The Labute approximate surface area is 65.0 Å². The molecule has 0 N–H and O–H groups in total. The van der Waals surface area contributed by atoms with Gasteiger partial charge in [0.25, 0.3) is 0 Å². The molecular weight excluding hydrogens is 147 g/mol. The average molecular weight is 158 g/mol. The van der Waals surface area contributed by atoms with Crippen LogP contribution in [0.15, 0.2) is 12.7 Å². The highest BCUT2D eigenvalue weighted by atomic mass is 19.1. The molecule has 0 aromatic carbocycles. The number of carbonyl (C=O) groups excluding carboxylic acids is 1. The van der Waals surface area contributed by atoms with E-state index in [4.69, 9.17) is 0 Å². The lowest BCUT2D eigenvalue weighted by molar-refractivity contribution is -0.162. The number of halogens is 1. The summed E-state index contributed by atoms with van der Waals surface area (Å²) in [5.41, 5.74) is -1.68. The first kappa shape index (κ1) is 8.24. The van der Waals surface area contributed by atoms with Crippen molar-refractivity contribution in [2.75, 3.05) is 6.61 Å². The maximum atomic E-state index is 13.1. The molecule has 11 heavy (non-hydrogen) atoms. The summed E-state index contributed by atoms with van der Waals surface area (Å²) < 4.78 is 17.7. The van der Waals surface area contributed by atoms with Crippen molar-refractivity contribution in [1.82, 2.24) is 0 Å². The van der Waals surface area contributed by atoms with Gasteiger partial charge in [-0.15, -0.1) is 0 Å². The highest BCUT2D eigenvalue weighted by Crippen LogP contribution is 2.36. The molecule has 0 aromatic rings. The molecule has 2 nitrogen and oxygen atoms in total. The minimum Gasteiger partial charge on any atom is -0.459 e. The third kappa shape index (κ3) is 1.59. The lowest BCUT2D eigenvalue weighted by Gasteiger charge is -2.30. The van der Waals surface area contributed by atoms with E-state index in [1.165, 1.54) is 6.08 Å². The Morgan fingerprint density at radius 2 is 2.36 bits per heavy atom. The summed E-state index contributed by atoms with van der Waals surface area (Å²) in [6, 6.07) is 0. The van der Waals surface area contributed by atoms with Gasteiger partial charge in [-0.25, -0.2) is 9.18 Å². The van der Waals surface area contributed by atoms with E-state index in [0.717, 1.165) is 6.42 Å². The van der Waals surface area contributed by atoms with Crippen molar-refractivity contribution < 1.29 is 13.9 Å². The van der Waals surface area contributed by atoms with Crippen LogP contribution in [0.3, 0.4) is 0 Å². The first-order chi connectivity index (χ1) is 5.19. The van der Waals surface area contributed by atoms with E-state index >= 15 is 0 Å². The predicted octanol–water partition coefficient (Wildman–Crippen LogP) is 1.61. The molecule has 3 heteroatoms. The molecule has 1 rings (SSSR count). The molecular formula is C8H11FO2. The smallest absolute Gasteiger partial charge is 0.344 e. The minimum atomic E-state index is -1.68. The normalized spacial score (nSPS) is 20.1. The highest BCUT2D eigenvalue weighted by molar-refractivity contribution is 5.80. The van der Waals surface area contributed by atoms with Crippen LogP contribution in [0.4, 0.5) is 4.39 Å². The van der Waals surface area contributed by atoms with Crippen LogP contribution < -0.4 is 0 Å². The van der Waals surface area contributed by atoms with Crippen LogP contribution in [0, 0.1) is 0 Å². The summed E-state index contributed by atoms with van der Waals surface area (Å²) in [6.07, 6.45) is 2.82. The molecule has 0 aromatic heterocycles. The first-order valence-electron chi connectivity index (χ1n) is 3.66. The fourth-order valence-electron chi connectivity index (χ4n) is 0.955. The molecule has 1 saturated carbocycles. The Morgan fingerprint density at radius 1 is 1.73 bits per heavy atom. The molecule has 1 aliphatic carbocycles. The molecule has 0 radical (unpaired) electrons. The van der Waals surface area contributed by atoms with Crippen molar-refractivity contribution in [2.24, 2.45) is 0 Å². The van der Waals surface area contributed by atoms with Crippen LogP contribution in [-0.4, -0.2) is 18.2 Å². The molecule has 1 aliphatic rings. The number of rotatable bonds is 3. The van der Waals surface area contributed by atoms with Crippen molar-refractivity contribution in [3.63, 3.8) is 0 Å². The van der Waals surface area contributed by atoms with Gasteiger partial charge in [-0.2, -0.15) is 0 Å². The summed E-state index contributed by atoms with van der Waals surface area (Å²) in [5, 5.41) is 0. The Bertz CT molecular complexity index is 173. The van der Waals surface area contributed by atoms with Gasteiger partial charge in [0.05, 0.1) is 0 Å². The molecule has 1 fully saturated rings. The second kappa shape index (κ2) is 3.03. The van der Waals surface area contributed by atoms with Crippen molar-refractivity contribution in [2.45, 2.75) is 24.9 Å². The van der Waals surface area contributed by atoms with Gasteiger partial charge in [-0.1, -0.05) is 12.7 Å². The molecule has 0 spiro atoms. The largest absolute Gasteiger partial charge is 0.459 e. The summed E-state index contributed by atoms with van der Waals surface area (Å²) in [5.74, 6) is -0.733. The van der Waals surface area contributed by atoms with Crippen molar-refractivity contribution >= 4 is 5.97 Å². The molecule has 0 amide bonds. The van der Waals surface area contributed by atoms with Gasteiger partial charge in [0.1, 0.15) is 6.61 Å². The fourth-order valence-corrected chi connectivity index (χ4v) is 0.955. The van der Waals surface area contributed by atoms with Gasteiger partial charge in [0.2, 0.25) is 5.67 Å². The van der Waals surface area contributed by atoms with Gasteiger partial charge in [0, 0.05) is 0 Å². The van der Waals surface area contributed by atoms with Crippen molar-refractivity contribution in [1.29, 1.82) is 0 Å². The number of alkyl halides is 1. The third-order valence-electron chi connectivity index (χ3n) is 1.84.